The number of fused-ring (bicyclic) bond motifs is 1. The van der Waals surface area contributed by atoms with Crippen LogP contribution in [0, 0.1) is 0 Å². The number of rotatable bonds is 4. The number of benzene rings is 1. The third-order valence-corrected chi connectivity index (χ3v) is 2.93. The first-order chi connectivity index (χ1) is 8.22. The molecule has 1 amide bonds. The summed E-state index contributed by atoms with van der Waals surface area (Å²) < 4.78 is 0. The normalized spacial score (nSPS) is 12.6. The second-order valence-electron chi connectivity index (χ2n) is 4.41. The van der Waals surface area contributed by atoms with Crippen molar-refractivity contribution in [2.24, 2.45) is 0 Å². The molecule has 0 aliphatic heterocycles. The fourth-order valence-electron chi connectivity index (χ4n) is 2.08. The lowest BCUT2D eigenvalue weighted by Gasteiger charge is -2.13. The van der Waals surface area contributed by atoms with Crippen LogP contribution in [0.3, 0.4) is 0 Å². The van der Waals surface area contributed by atoms with Crippen LogP contribution in [-0.2, 0) is 0 Å². The predicted octanol–water partition coefficient (Wildman–Crippen LogP) is 3.09. The largest absolute Gasteiger partial charge is 0.361 e. The average Bonchev–Trinajstić information content (AvgIpc) is 2.76. The summed E-state index contributed by atoms with van der Waals surface area (Å²) in [6.45, 7) is 4.16. The van der Waals surface area contributed by atoms with E-state index in [4.69, 9.17) is 0 Å². The second-order valence-corrected chi connectivity index (χ2v) is 4.41. The van der Waals surface area contributed by atoms with Crippen molar-refractivity contribution in [3.8, 4) is 0 Å². The van der Waals surface area contributed by atoms with Gasteiger partial charge in [0.25, 0.3) is 5.91 Å². The van der Waals surface area contributed by atoms with Crippen molar-refractivity contribution < 1.29 is 4.79 Å². The Morgan fingerprint density at radius 3 is 3.00 bits per heavy atom. The molecule has 1 aromatic carbocycles. The quantitative estimate of drug-likeness (QED) is 0.833. The number of carbonyl (C=O) groups excluding carboxylic acids is 1. The Hall–Kier alpha value is -1.77. The number of carbonyl (C=O) groups is 1. The number of nitrogens with one attached hydrogen (secondary N) is 2. The maximum Gasteiger partial charge on any atom is 0.253 e. The molecular weight excluding hydrogens is 212 g/mol. The molecule has 0 aliphatic carbocycles. The summed E-state index contributed by atoms with van der Waals surface area (Å²) in [6, 6.07) is 7.96. The molecule has 2 N–H and O–H groups in total. The fourth-order valence-corrected chi connectivity index (χ4v) is 2.08. The molecule has 3 heteroatoms. The number of hydrogen-bond donors (Lipinski definition) is 2. The summed E-state index contributed by atoms with van der Waals surface area (Å²) in [4.78, 5) is 15.2. The third kappa shape index (κ3) is 2.49. The van der Waals surface area contributed by atoms with Crippen molar-refractivity contribution in [2.75, 3.05) is 0 Å². The molecule has 0 spiro atoms. The average molecular weight is 230 g/mol. The van der Waals surface area contributed by atoms with E-state index in [9.17, 15) is 4.79 Å². The molecular formula is C14H18N2O. The van der Waals surface area contributed by atoms with E-state index < -0.39 is 0 Å². The number of para-hydroxylation sites is 1. The standard InChI is InChI=1S/C14H18N2O/c1-3-5-10(2)16-14(17)12-7-4-6-11-8-9-15-13(11)12/h4,6-10,15H,3,5H2,1-2H3,(H,16,17). The van der Waals surface area contributed by atoms with Crippen molar-refractivity contribution in [3.05, 3.63) is 36.0 Å². The Morgan fingerprint density at radius 1 is 1.41 bits per heavy atom. The number of H-pyrrole nitrogens is 1. The van der Waals surface area contributed by atoms with Gasteiger partial charge in [-0.25, -0.2) is 0 Å². The number of hydrogen-bond acceptors (Lipinski definition) is 1. The number of aromatic amines is 1. The molecule has 0 radical (unpaired) electrons. The molecule has 1 heterocycles. The summed E-state index contributed by atoms with van der Waals surface area (Å²) >= 11 is 0. The molecule has 3 nitrogen and oxygen atoms in total. The fraction of sp³-hybridized carbons (Fsp3) is 0.357. The Balaban J connectivity index is 2.21. The van der Waals surface area contributed by atoms with Crippen LogP contribution in [0.15, 0.2) is 30.5 Å². The van der Waals surface area contributed by atoms with Crippen LogP contribution in [0.5, 0.6) is 0 Å². The van der Waals surface area contributed by atoms with Gasteiger partial charge in [0.2, 0.25) is 0 Å². The van der Waals surface area contributed by atoms with Crippen LogP contribution in [0.1, 0.15) is 37.0 Å². The third-order valence-electron chi connectivity index (χ3n) is 2.93. The monoisotopic (exact) mass is 230 g/mol. The predicted molar refractivity (Wildman–Crippen MR) is 70.1 cm³/mol. The van der Waals surface area contributed by atoms with E-state index in [1.54, 1.807) is 0 Å². The minimum absolute atomic E-state index is 0.000926. The van der Waals surface area contributed by atoms with Crippen LogP contribution in [0.2, 0.25) is 0 Å². The van der Waals surface area contributed by atoms with Crippen molar-refractivity contribution in [2.45, 2.75) is 32.7 Å². The van der Waals surface area contributed by atoms with Crippen LogP contribution >= 0.6 is 0 Å². The lowest BCUT2D eigenvalue weighted by Crippen LogP contribution is -2.32. The minimum atomic E-state index is -0.000926. The van der Waals surface area contributed by atoms with Gasteiger partial charge in [0.1, 0.15) is 0 Å². The Labute approximate surface area is 101 Å². The SMILES string of the molecule is CCCC(C)NC(=O)c1cccc2cc[nH]c12. The molecule has 0 saturated heterocycles. The molecule has 2 rings (SSSR count). The van der Waals surface area contributed by atoms with Gasteiger partial charge in [0.15, 0.2) is 0 Å². The van der Waals surface area contributed by atoms with Gasteiger partial charge in [0, 0.05) is 17.6 Å². The summed E-state index contributed by atoms with van der Waals surface area (Å²) in [5, 5.41) is 4.09. The topological polar surface area (TPSA) is 44.9 Å². The maximum atomic E-state index is 12.1. The zero-order valence-electron chi connectivity index (χ0n) is 10.3. The molecule has 2 aromatic rings. The molecule has 0 aliphatic rings. The van der Waals surface area contributed by atoms with Crippen LogP contribution in [-0.4, -0.2) is 16.9 Å². The van der Waals surface area contributed by atoms with E-state index in [0.717, 1.165) is 29.3 Å². The van der Waals surface area contributed by atoms with Crippen LogP contribution in [0.25, 0.3) is 10.9 Å². The molecule has 1 unspecified atom stereocenters. The first kappa shape index (κ1) is 11.7. The molecule has 0 fully saturated rings. The Morgan fingerprint density at radius 2 is 2.24 bits per heavy atom. The van der Waals surface area contributed by atoms with Crippen molar-refractivity contribution >= 4 is 16.8 Å². The van der Waals surface area contributed by atoms with Gasteiger partial charge in [0.05, 0.1) is 11.1 Å². The van der Waals surface area contributed by atoms with Crippen molar-refractivity contribution in [1.29, 1.82) is 0 Å². The zero-order valence-corrected chi connectivity index (χ0v) is 10.3. The van der Waals surface area contributed by atoms with Crippen LogP contribution in [0.4, 0.5) is 0 Å². The molecule has 1 aromatic heterocycles. The lowest BCUT2D eigenvalue weighted by molar-refractivity contribution is 0.0940. The molecule has 1 atom stereocenters. The van der Waals surface area contributed by atoms with Gasteiger partial charge in [-0.3, -0.25) is 4.79 Å². The highest BCUT2D eigenvalue weighted by atomic mass is 16.1. The van der Waals surface area contributed by atoms with E-state index in [1.165, 1.54) is 0 Å². The molecule has 90 valence electrons. The summed E-state index contributed by atoms with van der Waals surface area (Å²) in [5.41, 5.74) is 1.63. The minimum Gasteiger partial charge on any atom is -0.361 e. The van der Waals surface area contributed by atoms with Gasteiger partial charge in [-0.15, -0.1) is 0 Å². The highest BCUT2D eigenvalue weighted by Gasteiger charge is 2.12. The summed E-state index contributed by atoms with van der Waals surface area (Å²) in [7, 11) is 0. The van der Waals surface area contributed by atoms with E-state index in [2.05, 4.69) is 17.2 Å². The van der Waals surface area contributed by atoms with Gasteiger partial charge >= 0.3 is 0 Å². The maximum absolute atomic E-state index is 12.1. The zero-order chi connectivity index (χ0) is 12.3. The van der Waals surface area contributed by atoms with Crippen molar-refractivity contribution in [3.63, 3.8) is 0 Å². The van der Waals surface area contributed by atoms with Gasteiger partial charge in [-0.05, 0) is 25.5 Å². The summed E-state index contributed by atoms with van der Waals surface area (Å²) in [6.07, 6.45) is 3.94. The van der Waals surface area contributed by atoms with Gasteiger partial charge < -0.3 is 10.3 Å². The number of amides is 1. The van der Waals surface area contributed by atoms with Gasteiger partial charge in [-0.2, -0.15) is 0 Å². The summed E-state index contributed by atoms with van der Waals surface area (Å²) in [5.74, 6) is -0.000926. The Bertz CT molecular complexity index is 516. The highest BCUT2D eigenvalue weighted by Crippen LogP contribution is 2.16. The number of aromatic nitrogens is 1. The van der Waals surface area contributed by atoms with Crippen molar-refractivity contribution in [1.82, 2.24) is 10.3 Å². The molecule has 0 saturated carbocycles. The lowest BCUT2D eigenvalue weighted by atomic mass is 10.1. The first-order valence-electron chi connectivity index (χ1n) is 6.09. The first-order valence-corrected chi connectivity index (χ1v) is 6.09. The smallest absolute Gasteiger partial charge is 0.253 e. The van der Waals surface area contributed by atoms with Crippen LogP contribution < -0.4 is 5.32 Å². The van der Waals surface area contributed by atoms with E-state index in [0.29, 0.717) is 0 Å². The molecule has 17 heavy (non-hydrogen) atoms. The molecule has 0 bridgehead atoms. The Kier molecular flexibility index (Phi) is 3.47. The second kappa shape index (κ2) is 5.04. The van der Waals surface area contributed by atoms with Gasteiger partial charge in [-0.1, -0.05) is 25.5 Å². The highest BCUT2D eigenvalue weighted by molar-refractivity contribution is 6.05. The van der Waals surface area contributed by atoms with E-state index >= 15 is 0 Å². The van der Waals surface area contributed by atoms with E-state index in [1.807, 2.05) is 37.4 Å². The van der Waals surface area contributed by atoms with E-state index in [-0.39, 0.29) is 11.9 Å².